The number of hydrogen-bond acceptors (Lipinski definition) is 2. The van der Waals surface area contributed by atoms with Crippen molar-refractivity contribution in [1.82, 2.24) is 0 Å². The van der Waals surface area contributed by atoms with Crippen molar-refractivity contribution in [2.45, 2.75) is 71.0 Å². The quantitative estimate of drug-likeness (QED) is 0.820. The molecule has 98 valence electrons. The molecule has 0 radical (unpaired) electrons. The summed E-state index contributed by atoms with van der Waals surface area (Å²) in [5, 5.41) is 9.55. The Morgan fingerprint density at radius 3 is 2.65 bits per heavy atom. The molecule has 3 heteroatoms. The van der Waals surface area contributed by atoms with E-state index in [0.717, 1.165) is 44.9 Å². The second-order valence-electron chi connectivity index (χ2n) is 5.95. The molecule has 4 atom stereocenters. The number of ether oxygens (including phenoxy) is 1. The molecule has 3 nitrogen and oxygen atoms in total. The van der Waals surface area contributed by atoms with Crippen molar-refractivity contribution in [3.8, 4) is 0 Å². The Morgan fingerprint density at radius 1 is 1.41 bits per heavy atom. The van der Waals surface area contributed by atoms with E-state index in [2.05, 4.69) is 13.8 Å². The van der Waals surface area contributed by atoms with E-state index in [1.54, 1.807) is 0 Å². The number of carbonyl (C=O) groups is 1. The van der Waals surface area contributed by atoms with Gasteiger partial charge in [0, 0.05) is 0 Å². The van der Waals surface area contributed by atoms with Crippen LogP contribution in [-0.2, 0) is 9.53 Å². The predicted molar refractivity (Wildman–Crippen MR) is 65.9 cm³/mol. The smallest absolute Gasteiger partial charge is 0.309 e. The number of aliphatic carboxylic acids is 1. The molecule has 2 rings (SSSR count). The molecule has 17 heavy (non-hydrogen) atoms. The van der Waals surface area contributed by atoms with Crippen molar-refractivity contribution < 1.29 is 14.6 Å². The van der Waals surface area contributed by atoms with Crippen LogP contribution in [0.3, 0.4) is 0 Å². The molecule has 1 heterocycles. The minimum absolute atomic E-state index is 0.178. The summed E-state index contributed by atoms with van der Waals surface area (Å²) < 4.78 is 5.80. The van der Waals surface area contributed by atoms with Crippen LogP contribution in [0.5, 0.6) is 0 Å². The third-order valence-electron chi connectivity index (χ3n) is 4.68. The van der Waals surface area contributed by atoms with Crippen molar-refractivity contribution in [3.05, 3.63) is 0 Å². The third kappa shape index (κ3) is 2.65. The Morgan fingerprint density at radius 2 is 2.18 bits per heavy atom. The number of hydrogen-bond donors (Lipinski definition) is 1. The van der Waals surface area contributed by atoms with Crippen molar-refractivity contribution in [2.24, 2.45) is 11.3 Å². The Balaban J connectivity index is 2.00. The van der Waals surface area contributed by atoms with Crippen LogP contribution in [-0.4, -0.2) is 23.3 Å². The van der Waals surface area contributed by atoms with Crippen LogP contribution >= 0.6 is 0 Å². The Bertz CT molecular complexity index is 289. The summed E-state index contributed by atoms with van der Waals surface area (Å²) in [6, 6.07) is 0. The molecule has 2 fully saturated rings. The molecular weight excluding hydrogens is 216 g/mol. The molecule has 0 spiro atoms. The minimum atomic E-state index is -0.600. The molecule has 1 saturated heterocycles. The van der Waals surface area contributed by atoms with Crippen molar-refractivity contribution >= 4 is 5.97 Å². The van der Waals surface area contributed by atoms with Crippen molar-refractivity contribution in [2.75, 3.05) is 0 Å². The van der Waals surface area contributed by atoms with Crippen LogP contribution in [0.1, 0.15) is 58.8 Å². The van der Waals surface area contributed by atoms with Gasteiger partial charge in [0.2, 0.25) is 0 Å². The summed E-state index contributed by atoms with van der Waals surface area (Å²) in [5.74, 6) is 0.00142. The molecule has 0 amide bonds. The van der Waals surface area contributed by atoms with Crippen LogP contribution in [0, 0.1) is 11.3 Å². The predicted octanol–water partition coefficient (Wildman–Crippen LogP) is 3.23. The van der Waals surface area contributed by atoms with Gasteiger partial charge in [-0.2, -0.15) is 0 Å². The highest BCUT2D eigenvalue weighted by atomic mass is 16.5. The average Bonchev–Trinajstić information content (AvgIpc) is 2.87. The van der Waals surface area contributed by atoms with E-state index < -0.39 is 11.4 Å². The molecule has 2 aliphatic rings. The zero-order valence-electron chi connectivity index (χ0n) is 10.9. The Labute approximate surface area is 104 Å². The lowest BCUT2D eigenvalue weighted by Crippen LogP contribution is -2.32. The fourth-order valence-corrected chi connectivity index (χ4v) is 3.52. The first kappa shape index (κ1) is 12.9. The Hall–Kier alpha value is -0.570. The maximum absolute atomic E-state index is 11.6. The van der Waals surface area contributed by atoms with Gasteiger partial charge in [-0.3, -0.25) is 4.79 Å². The minimum Gasteiger partial charge on any atom is -0.481 e. The zero-order valence-corrected chi connectivity index (χ0v) is 10.9. The highest BCUT2D eigenvalue weighted by Crippen LogP contribution is 2.48. The second-order valence-corrected chi connectivity index (χ2v) is 5.95. The number of carboxylic acids is 1. The monoisotopic (exact) mass is 240 g/mol. The van der Waals surface area contributed by atoms with Crippen LogP contribution in [0.4, 0.5) is 0 Å². The first-order chi connectivity index (χ1) is 8.05. The van der Waals surface area contributed by atoms with Gasteiger partial charge in [-0.05, 0) is 51.4 Å². The van der Waals surface area contributed by atoms with Crippen LogP contribution in [0.25, 0.3) is 0 Å². The summed E-state index contributed by atoms with van der Waals surface area (Å²) in [7, 11) is 0. The fraction of sp³-hybridized carbons (Fsp3) is 0.929. The lowest BCUT2D eigenvalue weighted by atomic mass is 9.79. The molecule has 1 aliphatic carbocycles. The van der Waals surface area contributed by atoms with Gasteiger partial charge in [0.1, 0.15) is 0 Å². The van der Waals surface area contributed by atoms with Gasteiger partial charge >= 0.3 is 5.97 Å². The second kappa shape index (κ2) is 4.97. The normalized spacial score (nSPS) is 41.9. The van der Waals surface area contributed by atoms with E-state index in [4.69, 9.17) is 4.74 Å². The number of rotatable bonds is 4. The van der Waals surface area contributed by atoms with Gasteiger partial charge in [0.25, 0.3) is 0 Å². The molecular formula is C14H24O3. The largest absolute Gasteiger partial charge is 0.481 e. The number of carboxylic acid groups (broad SMARTS) is 1. The first-order valence-electron chi connectivity index (χ1n) is 6.94. The standard InChI is InChI=1S/C14H24O3/c1-3-11-6-7-14(8-11,13(15)16)9-12-5-4-10(2)17-12/h10-12H,3-9H2,1-2H3,(H,15,16). The third-order valence-corrected chi connectivity index (χ3v) is 4.68. The van der Waals surface area contributed by atoms with E-state index in [0.29, 0.717) is 12.0 Å². The summed E-state index contributed by atoms with van der Waals surface area (Å²) in [4.78, 5) is 11.6. The van der Waals surface area contributed by atoms with Gasteiger partial charge in [-0.1, -0.05) is 13.3 Å². The van der Waals surface area contributed by atoms with E-state index >= 15 is 0 Å². The lowest BCUT2D eigenvalue weighted by molar-refractivity contribution is -0.151. The van der Waals surface area contributed by atoms with Gasteiger partial charge in [-0.15, -0.1) is 0 Å². The summed E-state index contributed by atoms with van der Waals surface area (Å²) in [5.41, 5.74) is -0.491. The molecule has 1 aliphatic heterocycles. The van der Waals surface area contributed by atoms with Crippen molar-refractivity contribution in [3.63, 3.8) is 0 Å². The van der Waals surface area contributed by atoms with Gasteiger partial charge in [0.05, 0.1) is 17.6 Å². The highest BCUT2D eigenvalue weighted by Gasteiger charge is 2.47. The van der Waals surface area contributed by atoms with E-state index in [1.165, 1.54) is 0 Å². The maximum Gasteiger partial charge on any atom is 0.309 e. The molecule has 0 bridgehead atoms. The summed E-state index contributed by atoms with van der Waals surface area (Å²) in [6.45, 7) is 4.24. The lowest BCUT2D eigenvalue weighted by Gasteiger charge is -2.27. The topological polar surface area (TPSA) is 46.5 Å². The van der Waals surface area contributed by atoms with Gasteiger partial charge < -0.3 is 9.84 Å². The molecule has 0 aromatic rings. The molecule has 0 aromatic heterocycles. The molecule has 1 saturated carbocycles. The fourth-order valence-electron chi connectivity index (χ4n) is 3.52. The molecule has 4 unspecified atom stereocenters. The van der Waals surface area contributed by atoms with Crippen LogP contribution in [0.15, 0.2) is 0 Å². The Kier molecular flexibility index (Phi) is 3.76. The van der Waals surface area contributed by atoms with Crippen LogP contribution in [0.2, 0.25) is 0 Å². The van der Waals surface area contributed by atoms with Gasteiger partial charge in [-0.25, -0.2) is 0 Å². The van der Waals surface area contributed by atoms with Gasteiger partial charge in [0.15, 0.2) is 0 Å². The maximum atomic E-state index is 11.6. The highest BCUT2D eigenvalue weighted by molar-refractivity contribution is 5.75. The van der Waals surface area contributed by atoms with E-state index in [-0.39, 0.29) is 6.10 Å². The molecule has 1 N–H and O–H groups in total. The summed E-state index contributed by atoms with van der Waals surface area (Å²) in [6.07, 6.45) is 7.21. The van der Waals surface area contributed by atoms with E-state index in [1.807, 2.05) is 0 Å². The van der Waals surface area contributed by atoms with E-state index in [9.17, 15) is 9.90 Å². The SMILES string of the molecule is CCC1CCC(CC2CCC(C)O2)(C(=O)O)C1. The van der Waals surface area contributed by atoms with Crippen molar-refractivity contribution in [1.29, 1.82) is 0 Å². The molecule has 0 aromatic carbocycles. The van der Waals surface area contributed by atoms with Crippen LogP contribution < -0.4 is 0 Å². The zero-order chi connectivity index (χ0) is 12.5. The average molecular weight is 240 g/mol. The summed E-state index contributed by atoms with van der Waals surface area (Å²) >= 11 is 0. The first-order valence-corrected chi connectivity index (χ1v) is 6.94.